The lowest BCUT2D eigenvalue weighted by Gasteiger charge is -2.31. The summed E-state index contributed by atoms with van der Waals surface area (Å²) in [5.74, 6) is 1.30. The van der Waals surface area contributed by atoms with Gasteiger partial charge < -0.3 is 4.74 Å². The minimum atomic E-state index is -4.35. The lowest BCUT2D eigenvalue weighted by Crippen LogP contribution is -2.32. The number of rotatable bonds is 8. The van der Waals surface area contributed by atoms with Crippen molar-refractivity contribution in [2.24, 2.45) is 18.9 Å². The average Bonchev–Trinajstić information content (AvgIpc) is 3.44. The lowest BCUT2D eigenvalue weighted by atomic mass is 9.78. The van der Waals surface area contributed by atoms with Gasteiger partial charge in [0, 0.05) is 42.4 Å². The summed E-state index contributed by atoms with van der Waals surface area (Å²) < 4.78 is 43.9. The van der Waals surface area contributed by atoms with Crippen molar-refractivity contribution >= 4 is 28.0 Å². The fourth-order valence-electron chi connectivity index (χ4n) is 5.51. The van der Waals surface area contributed by atoms with Crippen LogP contribution < -0.4 is 4.74 Å². The second-order valence-electron chi connectivity index (χ2n) is 10.1. The molecule has 3 heterocycles. The zero-order chi connectivity index (χ0) is 25.3. The van der Waals surface area contributed by atoms with Gasteiger partial charge in [-0.15, -0.1) is 0 Å². The Morgan fingerprint density at radius 1 is 1.19 bits per heavy atom. The van der Waals surface area contributed by atoms with Crippen molar-refractivity contribution in [2.45, 2.75) is 57.7 Å². The smallest absolute Gasteiger partial charge is 0.422 e. The number of aryl methyl sites for hydroxylation is 1. The molecule has 1 aliphatic heterocycles. The molecule has 0 radical (unpaired) electrons. The van der Waals surface area contributed by atoms with Crippen molar-refractivity contribution in [2.75, 3.05) is 19.7 Å². The van der Waals surface area contributed by atoms with E-state index in [1.807, 2.05) is 25.2 Å². The lowest BCUT2D eigenvalue weighted by molar-refractivity contribution is -0.153. The molecule has 194 valence electrons. The molecule has 1 fully saturated rings. The number of halogens is 3. The van der Waals surface area contributed by atoms with E-state index >= 15 is 0 Å². The number of benzene rings is 1. The number of hydrogen-bond acceptors (Lipinski definition) is 6. The maximum atomic E-state index is 13.0. The van der Waals surface area contributed by atoms with Crippen molar-refractivity contribution in [3.05, 3.63) is 40.5 Å². The van der Waals surface area contributed by atoms with Gasteiger partial charge in [0.15, 0.2) is 12.4 Å². The molecule has 0 atom stereocenters. The Kier molecular flexibility index (Phi) is 7.35. The van der Waals surface area contributed by atoms with Gasteiger partial charge in [0.1, 0.15) is 0 Å². The SMILES string of the molecule is Cn1ncc2c(C(=O)CC3CCC(CCN4CCc5sc(OCC(F)(F)F)nc5C4)CC3)cccc21. The number of ketones is 1. The van der Waals surface area contributed by atoms with Gasteiger partial charge >= 0.3 is 6.18 Å². The predicted octanol–water partition coefficient (Wildman–Crippen LogP) is 5.80. The van der Waals surface area contributed by atoms with Gasteiger partial charge in [0.25, 0.3) is 5.19 Å². The quantitative estimate of drug-likeness (QED) is 0.352. The molecule has 36 heavy (non-hydrogen) atoms. The number of carbonyl (C=O) groups excluding carboxylic acids is 1. The highest BCUT2D eigenvalue weighted by atomic mass is 32.1. The van der Waals surface area contributed by atoms with Gasteiger partial charge in [-0.05, 0) is 50.1 Å². The van der Waals surface area contributed by atoms with Crippen LogP contribution in [0.3, 0.4) is 0 Å². The van der Waals surface area contributed by atoms with E-state index in [0.29, 0.717) is 24.8 Å². The third-order valence-corrected chi connectivity index (χ3v) is 8.60. The Bertz CT molecular complexity index is 1210. The third-order valence-electron chi connectivity index (χ3n) is 7.53. The first-order valence-corrected chi connectivity index (χ1v) is 13.4. The minimum absolute atomic E-state index is 0.117. The fraction of sp³-hybridized carbons (Fsp3) is 0.577. The number of aromatic nitrogens is 3. The van der Waals surface area contributed by atoms with Crippen LogP contribution in [0.4, 0.5) is 13.2 Å². The van der Waals surface area contributed by atoms with Crippen LogP contribution in [0.2, 0.25) is 0 Å². The Morgan fingerprint density at radius 3 is 2.75 bits per heavy atom. The molecule has 5 rings (SSSR count). The van der Waals surface area contributed by atoms with E-state index in [1.165, 1.54) is 11.3 Å². The maximum Gasteiger partial charge on any atom is 0.422 e. The summed E-state index contributed by atoms with van der Waals surface area (Å²) in [4.78, 5) is 20.7. The Hall–Kier alpha value is -2.46. The first-order chi connectivity index (χ1) is 17.2. The van der Waals surface area contributed by atoms with Crippen LogP contribution in [0, 0.1) is 11.8 Å². The van der Waals surface area contributed by atoms with Crippen LogP contribution in [-0.4, -0.2) is 51.3 Å². The Morgan fingerprint density at radius 2 is 1.97 bits per heavy atom. The molecule has 0 unspecified atom stereocenters. The zero-order valence-electron chi connectivity index (χ0n) is 20.4. The monoisotopic (exact) mass is 520 g/mol. The van der Waals surface area contributed by atoms with Crippen molar-refractivity contribution in [3.8, 4) is 5.19 Å². The highest BCUT2D eigenvalue weighted by Crippen LogP contribution is 2.35. The number of alkyl halides is 3. The van der Waals surface area contributed by atoms with E-state index in [1.54, 1.807) is 10.9 Å². The van der Waals surface area contributed by atoms with Crippen molar-refractivity contribution in [1.29, 1.82) is 0 Å². The Balaban J connectivity index is 1.06. The first kappa shape index (κ1) is 25.2. The number of fused-ring (bicyclic) bond motifs is 2. The van der Waals surface area contributed by atoms with E-state index in [0.717, 1.165) is 78.7 Å². The third kappa shape index (κ3) is 5.91. The number of ether oxygens (including phenoxy) is 1. The molecule has 1 saturated carbocycles. The van der Waals surface area contributed by atoms with Crippen molar-refractivity contribution < 1.29 is 22.7 Å². The maximum absolute atomic E-state index is 13.0. The standard InChI is InChI=1S/C26H31F3N4O2S/c1-32-22-4-2-3-19(20(22)14-30-32)23(34)13-18-7-5-17(6-8-18)9-11-33-12-10-24-21(15-33)31-25(36-24)35-16-26(27,28)29/h2-4,14,17-18H,5-13,15-16H2,1H3. The van der Waals surface area contributed by atoms with Crippen LogP contribution in [0.1, 0.15) is 59.5 Å². The summed E-state index contributed by atoms with van der Waals surface area (Å²) in [5, 5.41) is 5.35. The van der Waals surface area contributed by atoms with Crippen LogP contribution in [0.15, 0.2) is 24.4 Å². The summed E-state index contributed by atoms with van der Waals surface area (Å²) in [5.41, 5.74) is 2.62. The summed E-state index contributed by atoms with van der Waals surface area (Å²) in [6, 6.07) is 5.83. The molecule has 0 amide bonds. The van der Waals surface area contributed by atoms with Gasteiger partial charge in [-0.3, -0.25) is 14.4 Å². The van der Waals surface area contributed by atoms with Gasteiger partial charge in [-0.2, -0.15) is 18.3 Å². The van der Waals surface area contributed by atoms with E-state index in [9.17, 15) is 18.0 Å². The average molecular weight is 521 g/mol. The van der Waals surface area contributed by atoms with Crippen LogP contribution in [0.5, 0.6) is 5.19 Å². The minimum Gasteiger partial charge on any atom is -0.460 e. The van der Waals surface area contributed by atoms with E-state index in [2.05, 4.69) is 15.0 Å². The summed E-state index contributed by atoms with van der Waals surface area (Å²) in [7, 11) is 1.89. The predicted molar refractivity (Wildman–Crippen MR) is 132 cm³/mol. The molecule has 2 aliphatic rings. The van der Waals surface area contributed by atoms with E-state index < -0.39 is 12.8 Å². The molecule has 0 spiro atoms. The number of thiazole rings is 1. The number of carbonyl (C=O) groups is 1. The second-order valence-corrected chi connectivity index (χ2v) is 11.1. The molecular weight excluding hydrogens is 489 g/mol. The van der Waals surface area contributed by atoms with Gasteiger partial charge in [-0.1, -0.05) is 36.3 Å². The highest BCUT2D eigenvalue weighted by Gasteiger charge is 2.30. The van der Waals surface area contributed by atoms with Crippen molar-refractivity contribution in [3.63, 3.8) is 0 Å². The van der Waals surface area contributed by atoms with Crippen LogP contribution >= 0.6 is 11.3 Å². The molecule has 0 saturated heterocycles. The highest BCUT2D eigenvalue weighted by molar-refractivity contribution is 7.13. The fourth-order valence-corrected chi connectivity index (χ4v) is 6.41. The molecule has 0 N–H and O–H groups in total. The number of nitrogens with zero attached hydrogens (tertiary/aromatic N) is 4. The summed E-state index contributed by atoms with van der Waals surface area (Å²) in [6.45, 7) is 1.24. The molecule has 6 nitrogen and oxygen atoms in total. The molecule has 1 aromatic carbocycles. The second kappa shape index (κ2) is 10.5. The summed E-state index contributed by atoms with van der Waals surface area (Å²) in [6.07, 6.45) is 4.38. The van der Waals surface area contributed by atoms with Gasteiger partial charge in [-0.25, -0.2) is 4.98 Å². The first-order valence-electron chi connectivity index (χ1n) is 12.6. The number of Topliss-reactive ketones (excluding diaryl/α,β-unsaturated/α-hetero) is 1. The molecule has 2 aromatic heterocycles. The zero-order valence-corrected chi connectivity index (χ0v) is 21.2. The largest absolute Gasteiger partial charge is 0.460 e. The van der Waals surface area contributed by atoms with Gasteiger partial charge in [0.05, 0.1) is 17.4 Å². The summed E-state index contributed by atoms with van der Waals surface area (Å²) >= 11 is 1.24. The van der Waals surface area contributed by atoms with Gasteiger partial charge in [0.2, 0.25) is 0 Å². The topological polar surface area (TPSA) is 60.2 Å². The molecule has 3 aromatic rings. The molecule has 0 bridgehead atoms. The normalized spacial score (nSPS) is 21.0. The van der Waals surface area contributed by atoms with Crippen LogP contribution in [-0.2, 0) is 20.0 Å². The van der Waals surface area contributed by atoms with E-state index in [4.69, 9.17) is 4.74 Å². The Labute approximate surface area is 212 Å². The molecular formula is C26H31F3N4O2S. The van der Waals surface area contributed by atoms with E-state index in [-0.39, 0.29) is 11.0 Å². The molecule has 10 heteroatoms. The molecule has 1 aliphatic carbocycles. The van der Waals surface area contributed by atoms with Crippen molar-refractivity contribution in [1.82, 2.24) is 19.7 Å². The number of hydrogen-bond donors (Lipinski definition) is 0. The van der Waals surface area contributed by atoms with Crippen LogP contribution in [0.25, 0.3) is 10.9 Å².